The van der Waals surface area contributed by atoms with Crippen LogP contribution in [0.4, 0.5) is 0 Å². The molecule has 7 nitrogen and oxygen atoms in total. The van der Waals surface area contributed by atoms with E-state index >= 15 is 0 Å². The molecule has 0 unspecified atom stereocenters. The van der Waals surface area contributed by atoms with Crippen LogP contribution < -0.4 is 0 Å². The highest BCUT2D eigenvalue weighted by Crippen LogP contribution is 2.41. The fourth-order valence-electron chi connectivity index (χ4n) is 9.10. The summed E-state index contributed by atoms with van der Waals surface area (Å²) in [5.41, 5.74) is 13.0. The average molecular weight is 717 g/mol. The molecule has 13 rings (SSSR count). The summed E-state index contributed by atoms with van der Waals surface area (Å²) in [7, 11) is 0. The van der Waals surface area contributed by atoms with Crippen LogP contribution in [0.15, 0.2) is 175 Å². The van der Waals surface area contributed by atoms with Crippen LogP contribution in [0.5, 0.6) is 0 Å². The van der Waals surface area contributed by atoms with Gasteiger partial charge in [0.05, 0.1) is 39.2 Å². The Balaban J connectivity index is 1.02. The van der Waals surface area contributed by atoms with Crippen LogP contribution in [0.2, 0.25) is 0 Å². The molecule has 260 valence electrons. The molecule has 6 aromatic carbocycles. The summed E-state index contributed by atoms with van der Waals surface area (Å²) in [6, 6.07) is 56.1. The lowest BCUT2D eigenvalue weighted by Crippen LogP contribution is -1.97. The maximum atomic E-state index is 6.67. The van der Waals surface area contributed by atoms with Gasteiger partial charge >= 0.3 is 0 Å². The SMILES string of the molecule is c1ccc(-n2c3ccccc3c3cc(-c4ccc5c(c4)c4ccccc4n5-c4ccc5oc6c(c7ccccc7c7nc8cnccc8n76)c5n4)ccc32)cc1. The van der Waals surface area contributed by atoms with E-state index in [-0.39, 0.29) is 0 Å². The Morgan fingerprint density at radius 1 is 0.464 bits per heavy atom. The van der Waals surface area contributed by atoms with Crippen LogP contribution in [0, 0.1) is 0 Å². The summed E-state index contributed by atoms with van der Waals surface area (Å²) >= 11 is 0. The summed E-state index contributed by atoms with van der Waals surface area (Å²) in [6.45, 7) is 0. The lowest BCUT2D eigenvalue weighted by Gasteiger charge is -2.09. The first-order chi connectivity index (χ1) is 27.8. The predicted molar refractivity (Wildman–Crippen MR) is 227 cm³/mol. The van der Waals surface area contributed by atoms with E-state index in [4.69, 9.17) is 14.4 Å². The summed E-state index contributed by atoms with van der Waals surface area (Å²) in [5, 5.41) is 7.89. The molecular formula is C49H28N6O. The van der Waals surface area contributed by atoms with Gasteiger partial charge in [0.1, 0.15) is 22.5 Å². The van der Waals surface area contributed by atoms with Crippen molar-refractivity contribution in [3.8, 4) is 22.6 Å². The largest absolute Gasteiger partial charge is 0.437 e. The normalized spacial score (nSPS) is 12.3. The molecule has 0 aliphatic heterocycles. The Hall–Kier alpha value is -7.77. The van der Waals surface area contributed by atoms with Crippen molar-refractivity contribution < 1.29 is 4.42 Å². The molecule has 0 saturated heterocycles. The lowest BCUT2D eigenvalue weighted by molar-refractivity contribution is 0.649. The Morgan fingerprint density at radius 2 is 1.09 bits per heavy atom. The molecule has 0 saturated carbocycles. The number of imidazole rings is 1. The Kier molecular flexibility index (Phi) is 5.77. The molecule has 0 aliphatic rings. The molecule has 7 heterocycles. The van der Waals surface area contributed by atoms with Crippen molar-refractivity contribution in [3.05, 3.63) is 170 Å². The second kappa shape index (κ2) is 10.9. The van der Waals surface area contributed by atoms with Crippen LogP contribution in [0.25, 0.3) is 116 Å². The van der Waals surface area contributed by atoms with Crippen molar-refractivity contribution in [2.75, 3.05) is 0 Å². The Morgan fingerprint density at radius 3 is 1.84 bits per heavy atom. The van der Waals surface area contributed by atoms with Crippen LogP contribution in [0.1, 0.15) is 0 Å². The molecule has 0 amide bonds. The van der Waals surface area contributed by atoms with Crippen molar-refractivity contribution in [3.63, 3.8) is 0 Å². The van der Waals surface area contributed by atoms with Crippen molar-refractivity contribution in [2.45, 2.75) is 0 Å². The zero-order valence-corrected chi connectivity index (χ0v) is 29.8. The van der Waals surface area contributed by atoms with Gasteiger partial charge in [-0.15, -0.1) is 0 Å². The van der Waals surface area contributed by atoms with Crippen LogP contribution in [-0.2, 0) is 0 Å². The fraction of sp³-hybridized carbons (Fsp3) is 0. The number of para-hydroxylation sites is 3. The number of aromatic nitrogens is 6. The first-order valence-electron chi connectivity index (χ1n) is 18.8. The third-order valence-electron chi connectivity index (χ3n) is 11.5. The van der Waals surface area contributed by atoms with Gasteiger partial charge in [-0.05, 0) is 77.9 Å². The van der Waals surface area contributed by atoms with Gasteiger partial charge in [0.2, 0.25) is 5.71 Å². The fourth-order valence-corrected chi connectivity index (χ4v) is 9.10. The third-order valence-corrected chi connectivity index (χ3v) is 11.5. The average Bonchev–Trinajstić information content (AvgIpc) is 4.01. The molecule has 13 aromatic rings. The van der Waals surface area contributed by atoms with Gasteiger partial charge in [-0.1, -0.05) is 91.0 Å². The lowest BCUT2D eigenvalue weighted by atomic mass is 10.0. The van der Waals surface area contributed by atoms with Crippen LogP contribution >= 0.6 is 0 Å². The number of hydrogen-bond donors (Lipinski definition) is 0. The van der Waals surface area contributed by atoms with Gasteiger partial charge in [-0.3, -0.25) is 14.0 Å². The minimum absolute atomic E-state index is 0.725. The number of pyridine rings is 3. The van der Waals surface area contributed by atoms with Gasteiger partial charge in [0.15, 0.2) is 5.58 Å². The standard InChI is InChI=1S/C49H28N6O/c1-2-10-31(11-3-1)53-39-16-8-6-12-32(39)36-26-29(18-20-41(36)53)30-19-21-42-37(27-30)33-13-7-9-17-40(33)54(42)45-23-22-44-47(52-45)46-34-14-4-5-15-35(34)48-51-38-28-50-25-24-43(38)55(48)49(46)56-44/h1-28H. The van der Waals surface area contributed by atoms with E-state index in [0.717, 1.165) is 72.2 Å². The highest BCUT2D eigenvalue weighted by atomic mass is 16.3. The monoisotopic (exact) mass is 716 g/mol. The number of nitrogens with zero attached hydrogens (tertiary/aromatic N) is 6. The van der Waals surface area contributed by atoms with Gasteiger partial charge < -0.3 is 8.98 Å². The molecule has 7 aromatic heterocycles. The second-order valence-corrected chi connectivity index (χ2v) is 14.5. The van der Waals surface area contributed by atoms with Gasteiger partial charge in [-0.2, -0.15) is 0 Å². The predicted octanol–water partition coefficient (Wildman–Crippen LogP) is 12.2. The smallest absolute Gasteiger partial charge is 0.216 e. The molecule has 0 bridgehead atoms. The molecule has 0 spiro atoms. The van der Waals surface area contributed by atoms with E-state index < -0.39 is 0 Å². The van der Waals surface area contributed by atoms with Crippen LogP contribution in [0.3, 0.4) is 0 Å². The molecule has 0 aliphatic carbocycles. The maximum absolute atomic E-state index is 6.67. The number of fused-ring (bicyclic) bond motifs is 16. The number of benzene rings is 6. The van der Waals surface area contributed by atoms with Gasteiger partial charge in [-0.25, -0.2) is 9.97 Å². The number of rotatable bonds is 3. The third kappa shape index (κ3) is 3.92. The maximum Gasteiger partial charge on any atom is 0.216 e. The van der Waals surface area contributed by atoms with Crippen molar-refractivity contribution >= 4 is 93.3 Å². The minimum Gasteiger partial charge on any atom is -0.437 e. The number of furan rings is 1. The molecule has 56 heavy (non-hydrogen) atoms. The van der Waals surface area contributed by atoms with E-state index in [1.165, 1.54) is 43.7 Å². The summed E-state index contributed by atoms with van der Waals surface area (Å²) in [4.78, 5) is 14.7. The highest BCUT2D eigenvalue weighted by molar-refractivity contribution is 6.21. The first-order valence-corrected chi connectivity index (χ1v) is 18.8. The minimum atomic E-state index is 0.725. The second-order valence-electron chi connectivity index (χ2n) is 14.5. The van der Waals surface area contributed by atoms with Crippen molar-refractivity contribution in [1.82, 2.24) is 28.5 Å². The van der Waals surface area contributed by atoms with Gasteiger partial charge in [0, 0.05) is 44.2 Å². The molecular weight excluding hydrogens is 689 g/mol. The van der Waals surface area contributed by atoms with Crippen molar-refractivity contribution in [1.29, 1.82) is 0 Å². The molecule has 0 radical (unpaired) electrons. The van der Waals surface area contributed by atoms with E-state index in [1.54, 1.807) is 12.4 Å². The highest BCUT2D eigenvalue weighted by Gasteiger charge is 2.22. The van der Waals surface area contributed by atoms with Gasteiger partial charge in [0.25, 0.3) is 0 Å². The molecule has 0 N–H and O–H groups in total. The summed E-state index contributed by atoms with van der Waals surface area (Å²) in [6.07, 6.45) is 3.60. The van der Waals surface area contributed by atoms with E-state index in [1.807, 2.05) is 6.07 Å². The number of hydrogen-bond acceptors (Lipinski definition) is 4. The molecule has 0 fully saturated rings. The first kappa shape index (κ1) is 29.7. The zero-order chi connectivity index (χ0) is 36.5. The Bertz CT molecular complexity index is 3770. The summed E-state index contributed by atoms with van der Waals surface area (Å²) in [5.74, 6) is 0.832. The van der Waals surface area contributed by atoms with E-state index in [0.29, 0.717) is 0 Å². The van der Waals surface area contributed by atoms with Crippen molar-refractivity contribution in [2.24, 2.45) is 0 Å². The van der Waals surface area contributed by atoms with E-state index in [9.17, 15) is 0 Å². The summed E-state index contributed by atoms with van der Waals surface area (Å²) < 4.78 is 13.4. The molecule has 7 heteroatoms. The molecule has 0 atom stereocenters. The van der Waals surface area contributed by atoms with E-state index in [2.05, 4.69) is 170 Å². The topological polar surface area (TPSA) is 66.1 Å². The Labute approximate surface area is 317 Å². The quantitative estimate of drug-likeness (QED) is 0.183. The van der Waals surface area contributed by atoms with Crippen LogP contribution in [-0.4, -0.2) is 28.5 Å². The zero-order valence-electron chi connectivity index (χ0n) is 29.8.